The van der Waals surface area contributed by atoms with E-state index in [4.69, 9.17) is 5.11 Å². The first-order chi connectivity index (χ1) is 7.63. The van der Waals surface area contributed by atoms with Crippen LogP contribution in [0.3, 0.4) is 0 Å². The average molecular weight is 288 g/mol. The number of rotatable bonds is 6. The molecule has 0 aliphatic rings. The van der Waals surface area contributed by atoms with Gasteiger partial charge in [-0.05, 0) is 22.4 Å². The molecule has 5 nitrogen and oxygen atoms in total. The molecule has 1 heterocycles. The first-order valence-electron chi connectivity index (χ1n) is 5.10. The number of carboxylic acid groups (broad SMARTS) is 1. The van der Waals surface area contributed by atoms with Crippen LogP contribution in [0.2, 0.25) is 0 Å². The van der Waals surface area contributed by atoms with Gasteiger partial charge in [-0.25, -0.2) is 14.8 Å². The zero-order valence-electron chi connectivity index (χ0n) is 8.98. The second-order valence-electron chi connectivity index (χ2n) is 3.40. The van der Waals surface area contributed by atoms with E-state index in [1.54, 1.807) is 12.4 Å². The smallest absolute Gasteiger partial charge is 0.326 e. The van der Waals surface area contributed by atoms with E-state index in [1.807, 2.05) is 6.92 Å². The Balaban J connectivity index is 2.60. The molecule has 0 saturated carbocycles. The zero-order valence-corrected chi connectivity index (χ0v) is 10.6. The summed E-state index contributed by atoms with van der Waals surface area (Å²) in [5, 5.41) is 11.8. The molecule has 16 heavy (non-hydrogen) atoms. The summed E-state index contributed by atoms with van der Waals surface area (Å²) in [6.07, 6.45) is 5.56. The molecule has 0 saturated heterocycles. The van der Waals surface area contributed by atoms with Crippen LogP contribution in [-0.2, 0) is 4.79 Å². The number of nitrogens with one attached hydrogen (secondary N) is 1. The van der Waals surface area contributed by atoms with E-state index in [9.17, 15) is 4.79 Å². The number of nitrogens with zero attached hydrogens (tertiary/aromatic N) is 2. The maximum absolute atomic E-state index is 10.9. The minimum absolute atomic E-state index is 0.340. The molecule has 1 atom stereocenters. The summed E-state index contributed by atoms with van der Waals surface area (Å²) in [4.78, 5) is 18.9. The molecule has 1 aromatic rings. The summed E-state index contributed by atoms with van der Waals surface area (Å²) in [6, 6.07) is -0.624. The van der Waals surface area contributed by atoms with Crippen molar-refractivity contribution in [3.8, 4) is 0 Å². The van der Waals surface area contributed by atoms with Crippen molar-refractivity contribution in [3.63, 3.8) is 0 Å². The Morgan fingerprint density at radius 2 is 2.19 bits per heavy atom. The minimum Gasteiger partial charge on any atom is -0.480 e. The van der Waals surface area contributed by atoms with Gasteiger partial charge in [0.15, 0.2) is 0 Å². The third-order valence-corrected chi connectivity index (χ3v) is 2.48. The van der Waals surface area contributed by atoms with Gasteiger partial charge in [0.05, 0.1) is 4.47 Å². The number of aromatic nitrogens is 2. The molecule has 0 aliphatic carbocycles. The van der Waals surface area contributed by atoms with Crippen molar-refractivity contribution in [1.82, 2.24) is 9.97 Å². The highest BCUT2D eigenvalue weighted by atomic mass is 79.9. The third kappa shape index (κ3) is 4.14. The van der Waals surface area contributed by atoms with E-state index in [0.717, 1.165) is 17.3 Å². The van der Waals surface area contributed by atoms with Gasteiger partial charge in [0.2, 0.25) is 5.95 Å². The van der Waals surface area contributed by atoms with Crippen LogP contribution in [0.25, 0.3) is 0 Å². The van der Waals surface area contributed by atoms with E-state index in [0.29, 0.717) is 12.4 Å². The van der Waals surface area contributed by atoms with Gasteiger partial charge in [0.25, 0.3) is 0 Å². The van der Waals surface area contributed by atoms with Crippen molar-refractivity contribution in [1.29, 1.82) is 0 Å². The summed E-state index contributed by atoms with van der Waals surface area (Å²) in [5.41, 5.74) is 0. The number of halogens is 1. The topological polar surface area (TPSA) is 75.1 Å². The van der Waals surface area contributed by atoms with Gasteiger partial charge in [-0.15, -0.1) is 0 Å². The van der Waals surface area contributed by atoms with Crippen LogP contribution < -0.4 is 5.32 Å². The van der Waals surface area contributed by atoms with Crippen LogP contribution in [0.1, 0.15) is 26.2 Å². The number of hydrogen-bond donors (Lipinski definition) is 2. The number of carboxylic acids is 1. The van der Waals surface area contributed by atoms with Crippen molar-refractivity contribution in [2.45, 2.75) is 32.2 Å². The predicted molar refractivity (Wildman–Crippen MR) is 64.3 cm³/mol. The summed E-state index contributed by atoms with van der Waals surface area (Å²) < 4.78 is 0.762. The molecule has 0 bridgehead atoms. The van der Waals surface area contributed by atoms with Crippen molar-refractivity contribution >= 4 is 27.8 Å². The normalized spacial score (nSPS) is 12.1. The number of unbranched alkanes of at least 4 members (excludes halogenated alkanes) is 1. The highest BCUT2D eigenvalue weighted by molar-refractivity contribution is 9.10. The minimum atomic E-state index is -0.875. The predicted octanol–water partition coefficient (Wildman–Crippen LogP) is 2.29. The maximum Gasteiger partial charge on any atom is 0.326 e. The summed E-state index contributed by atoms with van der Waals surface area (Å²) in [7, 11) is 0. The number of carbonyl (C=O) groups is 1. The molecule has 0 aliphatic heterocycles. The van der Waals surface area contributed by atoms with Crippen LogP contribution in [0.15, 0.2) is 16.9 Å². The Labute approximate surface area is 102 Å². The summed E-state index contributed by atoms with van der Waals surface area (Å²) in [5.74, 6) is -0.535. The van der Waals surface area contributed by atoms with Crippen molar-refractivity contribution < 1.29 is 9.90 Å². The summed E-state index contributed by atoms with van der Waals surface area (Å²) >= 11 is 3.21. The lowest BCUT2D eigenvalue weighted by Gasteiger charge is -2.13. The molecule has 6 heteroatoms. The Morgan fingerprint density at radius 1 is 1.56 bits per heavy atom. The fraction of sp³-hybridized carbons (Fsp3) is 0.500. The van der Waals surface area contributed by atoms with Crippen molar-refractivity contribution in [2.24, 2.45) is 0 Å². The highest BCUT2D eigenvalue weighted by Crippen LogP contribution is 2.10. The van der Waals surface area contributed by atoms with E-state index in [-0.39, 0.29) is 0 Å². The molecular weight excluding hydrogens is 274 g/mol. The summed E-state index contributed by atoms with van der Waals surface area (Å²) in [6.45, 7) is 2.02. The molecule has 88 valence electrons. The number of aliphatic carboxylic acids is 1. The molecule has 0 radical (unpaired) electrons. The van der Waals surface area contributed by atoms with Crippen molar-refractivity contribution in [2.75, 3.05) is 5.32 Å². The van der Waals surface area contributed by atoms with Gasteiger partial charge in [0.1, 0.15) is 6.04 Å². The van der Waals surface area contributed by atoms with E-state index in [2.05, 4.69) is 31.2 Å². The van der Waals surface area contributed by atoms with E-state index >= 15 is 0 Å². The molecule has 1 aromatic heterocycles. The molecular formula is C10H14BrN3O2. The van der Waals surface area contributed by atoms with Crippen LogP contribution in [0.5, 0.6) is 0 Å². The quantitative estimate of drug-likeness (QED) is 0.840. The second kappa shape index (κ2) is 6.42. The Morgan fingerprint density at radius 3 is 2.69 bits per heavy atom. The number of anilines is 1. The fourth-order valence-electron chi connectivity index (χ4n) is 1.21. The average Bonchev–Trinajstić information content (AvgIpc) is 2.26. The molecule has 0 fully saturated rings. The SMILES string of the molecule is CCCCC(Nc1ncc(Br)cn1)C(=O)O. The molecule has 1 rings (SSSR count). The van der Waals surface area contributed by atoms with Gasteiger partial charge >= 0.3 is 5.97 Å². The Kier molecular flexibility index (Phi) is 5.18. The number of hydrogen-bond acceptors (Lipinski definition) is 4. The second-order valence-corrected chi connectivity index (χ2v) is 4.32. The zero-order chi connectivity index (χ0) is 12.0. The first kappa shape index (κ1) is 12.9. The monoisotopic (exact) mass is 287 g/mol. The molecule has 2 N–H and O–H groups in total. The molecule has 1 unspecified atom stereocenters. The van der Waals surface area contributed by atoms with Gasteiger partial charge in [0, 0.05) is 12.4 Å². The maximum atomic E-state index is 10.9. The lowest BCUT2D eigenvalue weighted by atomic mass is 10.1. The third-order valence-electron chi connectivity index (χ3n) is 2.07. The lowest BCUT2D eigenvalue weighted by Crippen LogP contribution is -2.29. The van der Waals surface area contributed by atoms with Gasteiger partial charge in [-0.1, -0.05) is 19.8 Å². The van der Waals surface area contributed by atoms with E-state index in [1.165, 1.54) is 0 Å². The van der Waals surface area contributed by atoms with Gasteiger partial charge < -0.3 is 10.4 Å². The van der Waals surface area contributed by atoms with Crippen LogP contribution in [0, 0.1) is 0 Å². The fourth-order valence-corrected chi connectivity index (χ4v) is 1.41. The van der Waals surface area contributed by atoms with Crippen LogP contribution in [0.4, 0.5) is 5.95 Å². The highest BCUT2D eigenvalue weighted by Gasteiger charge is 2.17. The van der Waals surface area contributed by atoms with Crippen LogP contribution in [-0.4, -0.2) is 27.1 Å². The Hall–Kier alpha value is -1.17. The van der Waals surface area contributed by atoms with Crippen LogP contribution >= 0.6 is 15.9 Å². The van der Waals surface area contributed by atoms with E-state index < -0.39 is 12.0 Å². The largest absolute Gasteiger partial charge is 0.480 e. The van der Waals surface area contributed by atoms with Gasteiger partial charge in [-0.2, -0.15) is 0 Å². The molecule has 0 spiro atoms. The molecule has 0 amide bonds. The standard InChI is InChI=1S/C10H14BrN3O2/c1-2-3-4-8(9(15)16)14-10-12-5-7(11)6-13-10/h5-6,8H,2-4H2,1H3,(H,15,16)(H,12,13,14). The Bertz CT molecular complexity index is 342. The van der Waals surface area contributed by atoms with Crippen molar-refractivity contribution in [3.05, 3.63) is 16.9 Å². The molecule has 0 aromatic carbocycles. The first-order valence-corrected chi connectivity index (χ1v) is 5.89. The lowest BCUT2D eigenvalue weighted by molar-refractivity contribution is -0.138. The van der Waals surface area contributed by atoms with Gasteiger partial charge in [-0.3, -0.25) is 0 Å².